The molecule has 1 N–H and O–H groups in total. The first-order valence-electron chi connectivity index (χ1n) is 10.5. The molecular formula is C20H41KO4S. The molecule has 0 rings (SSSR count). The van der Waals surface area contributed by atoms with E-state index in [2.05, 4.69) is 6.92 Å². The molecule has 0 fully saturated rings. The number of aliphatic hydroxyl groups is 1. The van der Waals surface area contributed by atoms with Crippen LogP contribution in [0.3, 0.4) is 0 Å². The van der Waals surface area contributed by atoms with Crippen molar-refractivity contribution in [3.63, 3.8) is 0 Å². The van der Waals surface area contributed by atoms with E-state index >= 15 is 0 Å². The van der Waals surface area contributed by atoms with Gasteiger partial charge in [-0.3, -0.25) is 0 Å². The fourth-order valence-corrected chi connectivity index (χ4v) is 4.19. The zero-order chi connectivity index (χ0) is 19.0. The van der Waals surface area contributed by atoms with E-state index in [1.807, 2.05) is 6.92 Å². The second kappa shape index (κ2) is 19.8. The molecule has 0 aliphatic heterocycles. The molecule has 0 aromatic rings. The van der Waals surface area contributed by atoms with E-state index < -0.39 is 15.4 Å². The minimum atomic E-state index is -4.18. The molecule has 26 heavy (non-hydrogen) atoms. The van der Waals surface area contributed by atoms with Crippen molar-refractivity contribution in [2.75, 3.05) is 0 Å². The molecule has 152 valence electrons. The van der Waals surface area contributed by atoms with Crippen molar-refractivity contribution < 1.29 is 69.5 Å². The second-order valence-electron chi connectivity index (χ2n) is 7.46. The standard InChI is InChI=1S/C20H42O4S.K/c1-3-5-7-8-9-10-11-12-15-19(21)16-13-14-18-20(17-6-4-2)25(22,23)24;/h19-21H,3-18H2,1-2H3,(H,22,23,24);/q;+1/p-1. The summed E-state index contributed by atoms with van der Waals surface area (Å²) in [5.74, 6) is 0. The molecule has 6 heteroatoms. The van der Waals surface area contributed by atoms with Crippen molar-refractivity contribution in [1.29, 1.82) is 0 Å². The number of hydrogen-bond donors (Lipinski definition) is 1. The maximum absolute atomic E-state index is 11.2. The van der Waals surface area contributed by atoms with Gasteiger partial charge in [-0.1, -0.05) is 90.9 Å². The Hall–Kier alpha value is 1.51. The van der Waals surface area contributed by atoms with E-state index in [1.54, 1.807) is 0 Å². The van der Waals surface area contributed by atoms with Gasteiger partial charge in [-0.15, -0.1) is 0 Å². The molecular weight excluding hydrogens is 375 g/mol. The molecule has 2 atom stereocenters. The third kappa shape index (κ3) is 18.9. The summed E-state index contributed by atoms with van der Waals surface area (Å²) in [4.78, 5) is 0. The maximum atomic E-state index is 11.2. The number of hydrogen-bond acceptors (Lipinski definition) is 4. The Bertz CT molecular complexity index is 387. The smallest absolute Gasteiger partial charge is 0.748 e. The van der Waals surface area contributed by atoms with Gasteiger partial charge in [-0.25, -0.2) is 8.42 Å². The van der Waals surface area contributed by atoms with Crippen molar-refractivity contribution in [2.45, 2.75) is 128 Å². The maximum Gasteiger partial charge on any atom is 1.00 e. The molecule has 0 radical (unpaired) electrons. The Morgan fingerprint density at radius 2 is 1.08 bits per heavy atom. The molecule has 0 spiro atoms. The van der Waals surface area contributed by atoms with Crippen molar-refractivity contribution in [2.24, 2.45) is 0 Å². The van der Waals surface area contributed by atoms with E-state index in [-0.39, 0.29) is 57.5 Å². The predicted molar refractivity (Wildman–Crippen MR) is 105 cm³/mol. The molecule has 0 aromatic heterocycles. The normalized spacial score (nSPS) is 14.0. The minimum absolute atomic E-state index is 0. The van der Waals surface area contributed by atoms with Gasteiger partial charge in [-0.05, 0) is 25.7 Å². The van der Waals surface area contributed by atoms with Crippen LogP contribution in [0.2, 0.25) is 0 Å². The largest absolute Gasteiger partial charge is 1.00 e. The minimum Gasteiger partial charge on any atom is -0.748 e. The summed E-state index contributed by atoms with van der Waals surface area (Å²) in [7, 11) is -4.18. The van der Waals surface area contributed by atoms with Gasteiger partial charge in [0, 0.05) is 5.25 Å². The van der Waals surface area contributed by atoms with Crippen LogP contribution in [-0.2, 0) is 10.1 Å². The third-order valence-corrected chi connectivity index (χ3v) is 6.28. The Kier molecular flexibility index (Phi) is 22.6. The van der Waals surface area contributed by atoms with E-state index in [9.17, 15) is 18.1 Å². The summed E-state index contributed by atoms with van der Waals surface area (Å²) in [6.07, 6.45) is 15.5. The molecule has 0 amide bonds. The average Bonchev–Trinajstić information content (AvgIpc) is 2.55. The molecule has 0 aromatic carbocycles. The van der Waals surface area contributed by atoms with Gasteiger partial charge in [0.25, 0.3) is 0 Å². The Balaban J connectivity index is 0. The fourth-order valence-electron chi connectivity index (χ4n) is 3.27. The number of aliphatic hydroxyl groups excluding tert-OH is 1. The molecule has 0 heterocycles. The Labute approximate surface area is 205 Å². The van der Waals surface area contributed by atoms with Crippen LogP contribution in [0.15, 0.2) is 0 Å². The van der Waals surface area contributed by atoms with Gasteiger partial charge < -0.3 is 9.66 Å². The van der Waals surface area contributed by atoms with Gasteiger partial charge >= 0.3 is 51.4 Å². The first kappa shape index (κ1) is 29.7. The summed E-state index contributed by atoms with van der Waals surface area (Å²) in [5.41, 5.74) is 0. The summed E-state index contributed by atoms with van der Waals surface area (Å²) in [6, 6.07) is 0. The SMILES string of the molecule is CCCCCCCCCCC(O)CCCCC(CCCC)S(=O)(=O)[O-].[K+]. The molecule has 2 unspecified atom stereocenters. The molecule has 0 bridgehead atoms. The van der Waals surface area contributed by atoms with Crippen LogP contribution < -0.4 is 51.4 Å². The van der Waals surface area contributed by atoms with E-state index in [0.29, 0.717) is 19.3 Å². The number of unbranched alkanes of at least 4 members (excludes halogenated alkanes) is 9. The summed E-state index contributed by atoms with van der Waals surface area (Å²) < 4.78 is 33.7. The van der Waals surface area contributed by atoms with Crippen molar-refractivity contribution in [3.8, 4) is 0 Å². The molecule has 0 aliphatic rings. The van der Waals surface area contributed by atoms with Crippen LogP contribution in [-0.4, -0.2) is 29.4 Å². The average molecular weight is 417 g/mol. The summed E-state index contributed by atoms with van der Waals surface area (Å²) in [5, 5.41) is 9.27. The van der Waals surface area contributed by atoms with Crippen molar-refractivity contribution in [3.05, 3.63) is 0 Å². The van der Waals surface area contributed by atoms with Crippen LogP contribution in [0.5, 0.6) is 0 Å². The van der Waals surface area contributed by atoms with Crippen molar-refractivity contribution in [1.82, 2.24) is 0 Å². The third-order valence-electron chi connectivity index (χ3n) is 4.99. The zero-order valence-electron chi connectivity index (χ0n) is 17.5. The van der Waals surface area contributed by atoms with Crippen LogP contribution >= 0.6 is 0 Å². The first-order valence-corrected chi connectivity index (χ1v) is 12.0. The quantitative estimate of drug-likeness (QED) is 0.212. The van der Waals surface area contributed by atoms with Gasteiger partial charge in [0.1, 0.15) is 0 Å². The topological polar surface area (TPSA) is 77.4 Å². The fraction of sp³-hybridized carbons (Fsp3) is 1.00. The van der Waals surface area contributed by atoms with Gasteiger partial charge in [0.2, 0.25) is 0 Å². The van der Waals surface area contributed by atoms with Gasteiger partial charge in [-0.2, -0.15) is 0 Å². The van der Waals surface area contributed by atoms with Crippen LogP contribution in [0.4, 0.5) is 0 Å². The van der Waals surface area contributed by atoms with Crippen LogP contribution in [0.1, 0.15) is 117 Å². The van der Waals surface area contributed by atoms with Gasteiger partial charge in [0.15, 0.2) is 0 Å². The van der Waals surface area contributed by atoms with E-state index in [4.69, 9.17) is 0 Å². The van der Waals surface area contributed by atoms with E-state index in [1.165, 1.54) is 44.9 Å². The summed E-state index contributed by atoms with van der Waals surface area (Å²) in [6.45, 7) is 4.22. The van der Waals surface area contributed by atoms with Crippen molar-refractivity contribution >= 4 is 10.1 Å². The van der Waals surface area contributed by atoms with Crippen LogP contribution in [0.25, 0.3) is 0 Å². The molecule has 0 saturated carbocycles. The monoisotopic (exact) mass is 416 g/mol. The molecule has 0 aliphatic carbocycles. The molecule has 0 saturated heterocycles. The first-order chi connectivity index (χ1) is 11.9. The predicted octanol–water partition coefficient (Wildman–Crippen LogP) is 2.55. The molecule has 4 nitrogen and oxygen atoms in total. The Morgan fingerprint density at radius 1 is 0.692 bits per heavy atom. The summed E-state index contributed by atoms with van der Waals surface area (Å²) >= 11 is 0. The second-order valence-corrected chi connectivity index (χ2v) is 9.11. The van der Waals surface area contributed by atoms with Gasteiger partial charge in [0.05, 0.1) is 16.2 Å². The zero-order valence-corrected chi connectivity index (χ0v) is 21.5. The Morgan fingerprint density at radius 3 is 1.58 bits per heavy atom. The van der Waals surface area contributed by atoms with E-state index in [0.717, 1.165) is 38.5 Å². The van der Waals surface area contributed by atoms with Crippen LogP contribution in [0, 0.1) is 0 Å². The number of rotatable bonds is 18.